The topological polar surface area (TPSA) is 69.7 Å². The minimum atomic E-state index is -3.45. The Hall–Kier alpha value is -1.44. The van der Waals surface area contributed by atoms with E-state index < -0.39 is 10.2 Å². The number of nitrogens with zero attached hydrogens (tertiary/aromatic N) is 2. The molecule has 0 spiro atoms. The van der Waals surface area contributed by atoms with Crippen molar-refractivity contribution in [2.75, 3.05) is 33.7 Å². The molecule has 1 saturated heterocycles. The molecule has 0 aromatic heterocycles. The summed E-state index contributed by atoms with van der Waals surface area (Å²) in [6.45, 7) is 3.44. The third-order valence-corrected chi connectivity index (χ3v) is 6.47. The van der Waals surface area contributed by atoms with E-state index in [1.165, 1.54) is 33.8 Å². The third-order valence-electron chi connectivity index (χ3n) is 4.57. The molecule has 0 saturated carbocycles. The Morgan fingerprint density at radius 3 is 2.80 bits per heavy atom. The lowest BCUT2D eigenvalue weighted by molar-refractivity contribution is -0.126. The zero-order valence-corrected chi connectivity index (χ0v) is 16.2. The minimum Gasteiger partial charge on any atom is -0.356 e. The largest absolute Gasteiger partial charge is 0.356 e. The summed E-state index contributed by atoms with van der Waals surface area (Å²) in [6, 6.07) is 8.37. The zero-order valence-electron chi connectivity index (χ0n) is 15.4. The molecule has 1 fully saturated rings. The first kappa shape index (κ1) is 19.9. The van der Waals surface area contributed by atoms with Gasteiger partial charge in [-0.15, -0.1) is 0 Å². The van der Waals surface area contributed by atoms with Crippen molar-refractivity contribution in [2.45, 2.75) is 32.6 Å². The molecule has 0 bridgehead atoms. The van der Waals surface area contributed by atoms with Crippen LogP contribution in [0.1, 0.15) is 30.4 Å². The molecule has 1 aliphatic heterocycles. The maximum atomic E-state index is 12.4. The summed E-state index contributed by atoms with van der Waals surface area (Å²) in [5, 5.41) is 2.96. The fourth-order valence-corrected chi connectivity index (χ4v) is 4.30. The highest BCUT2D eigenvalue weighted by Gasteiger charge is 2.33. The predicted molar refractivity (Wildman–Crippen MR) is 99.4 cm³/mol. The molecule has 0 unspecified atom stereocenters. The number of benzene rings is 1. The van der Waals surface area contributed by atoms with E-state index in [1.54, 1.807) is 0 Å². The quantitative estimate of drug-likeness (QED) is 0.744. The molecule has 7 heteroatoms. The summed E-state index contributed by atoms with van der Waals surface area (Å²) < 4.78 is 27.1. The van der Waals surface area contributed by atoms with Crippen LogP contribution in [0.15, 0.2) is 24.3 Å². The van der Waals surface area contributed by atoms with E-state index in [9.17, 15) is 13.2 Å². The molecule has 1 N–H and O–H groups in total. The lowest BCUT2D eigenvalue weighted by atomic mass is 9.98. The van der Waals surface area contributed by atoms with Crippen molar-refractivity contribution in [3.8, 4) is 0 Å². The summed E-state index contributed by atoms with van der Waals surface area (Å²) >= 11 is 0. The van der Waals surface area contributed by atoms with Crippen molar-refractivity contribution in [2.24, 2.45) is 5.92 Å². The van der Waals surface area contributed by atoms with E-state index in [-0.39, 0.29) is 18.4 Å². The van der Waals surface area contributed by atoms with Crippen LogP contribution in [-0.2, 0) is 21.4 Å². The van der Waals surface area contributed by atoms with Gasteiger partial charge < -0.3 is 5.32 Å². The Balaban J connectivity index is 1.78. The van der Waals surface area contributed by atoms with Crippen LogP contribution in [0.2, 0.25) is 0 Å². The van der Waals surface area contributed by atoms with E-state index in [1.807, 2.05) is 6.07 Å². The number of hydrogen-bond donors (Lipinski definition) is 1. The van der Waals surface area contributed by atoms with E-state index >= 15 is 0 Å². The molecule has 1 atom stereocenters. The average Bonchev–Trinajstić information content (AvgIpc) is 2.58. The normalized spacial score (nSPS) is 19.1. The Morgan fingerprint density at radius 2 is 2.12 bits per heavy atom. The zero-order chi connectivity index (χ0) is 18.4. The van der Waals surface area contributed by atoms with Crippen LogP contribution < -0.4 is 5.32 Å². The molecule has 0 aliphatic carbocycles. The fraction of sp³-hybridized carbons (Fsp3) is 0.611. The van der Waals surface area contributed by atoms with Gasteiger partial charge in [-0.1, -0.05) is 29.8 Å². The van der Waals surface area contributed by atoms with Gasteiger partial charge in [0.05, 0.1) is 5.92 Å². The highest BCUT2D eigenvalue weighted by Crippen LogP contribution is 2.20. The number of rotatable bonds is 7. The molecule has 1 aromatic carbocycles. The van der Waals surface area contributed by atoms with Crippen molar-refractivity contribution in [1.29, 1.82) is 0 Å². The summed E-state index contributed by atoms with van der Waals surface area (Å²) in [5.74, 6) is -0.301. The number of aryl methyl sites for hydroxylation is 2. The monoisotopic (exact) mass is 367 g/mol. The average molecular weight is 368 g/mol. The van der Waals surface area contributed by atoms with Gasteiger partial charge in [0, 0.05) is 33.7 Å². The summed E-state index contributed by atoms with van der Waals surface area (Å²) in [6.07, 6.45) is 3.26. The molecule has 1 amide bonds. The maximum absolute atomic E-state index is 12.4. The Labute approximate surface area is 151 Å². The summed E-state index contributed by atoms with van der Waals surface area (Å²) in [7, 11) is -0.409. The smallest absolute Gasteiger partial charge is 0.281 e. The first-order valence-electron chi connectivity index (χ1n) is 8.81. The van der Waals surface area contributed by atoms with Crippen molar-refractivity contribution in [3.63, 3.8) is 0 Å². The third kappa shape index (κ3) is 5.52. The molecular formula is C18H29N3O3S. The number of carbonyl (C=O) groups excluding carboxylic acids is 1. The van der Waals surface area contributed by atoms with Crippen LogP contribution in [0.25, 0.3) is 0 Å². The molecule has 0 radical (unpaired) electrons. The number of carbonyl (C=O) groups is 1. The second kappa shape index (κ2) is 8.78. The van der Waals surface area contributed by atoms with Gasteiger partial charge in [-0.25, -0.2) is 0 Å². The number of nitrogens with one attached hydrogen (secondary N) is 1. The highest BCUT2D eigenvalue weighted by molar-refractivity contribution is 7.86. The van der Waals surface area contributed by atoms with Crippen LogP contribution >= 0.6 is 0 Å². The molecule has 25 heavy (non-hydrogen) atoms. The molecule has 1 aromatic rings. The van der Waals surface area contributed by atoms with Gasteiger partial charge in [-0.05, 0) is 38.2 Å². The molecule has 2 rings (SSSR count). The van der Waals surface area contributed by atoms with Gasteiger partial charge in [0.15, 0.2) is 0 Å². The van der Waals surface area contributed by atoms with Crippen LogP contribution in [0.5, 0.6) is 0 Å². The number of piperidine rings is 1. The predicted octanol–water partition coefficient (Wildman–Crippen LogP) is 1.56. The van der Waals surface area contributed by atoms with Crippen LogP contribution in [0.3, 0.4) is 0 Å². The van der Waals surface area contributed by atoms with Gasteiger partial charge in [0.25, 0.3) is 10.2 Å². The van der Waals surface area contributed by atoms with Crippen LogP contribution in [0, 0.1) is 12.8 Å². The molecule has 1 heterocycles. The second-order valence-electron chi connectivity index (χ2n) is 6.87. The number of hydrogen-bond acceptors (Lipinski definition) is 3. The van der Waals surface area contributed by atoms with Gasteiger partial charge in [0.1, 0.15) is 0 Å². The second-order valence-corrected chi connectivity index (χ2v) is 9.01. The van der Waals surface area contributed by atoms with Crippen molar-refractivity contribution in [1.82, 2.24) is 13.9 Å². The SMILES string of the molecule is Cc1cccc(CCCNC(=O)[C@@H]2CCCN(S(=O)(=O)N(C)C)C2)c1. The van der Waals surface area contributed by atoms with Gasteiger partial charge in [-0.2, -0.15) is 17.0 Å². The molecule has 140 valence electrons. The first-order valence-corrected chi connectivity index (χ1v) is 10.2. The van der Waals surface area contributed by atoms with Crippen LogP contribution in [0.4, 0.5) is 0 Å². The Morgan fingerprint density at radius 1 is 1.36 bits per heavy atom. The Kier molecular flexibility index (Phi) is 6.98. The first-order chi connectivity index (χ1) is 11.8. The van der Waals surface area contributed by atoms with Crippen molar-refractivity contribution < 1.29 is 13.2 Å². The standard InChI is InChI=1S/C18H29N3O3S/c1-15-7-4-8-16(13-15)9-5-11-19-18(22)17-10-6-12-21(14-17)25(23,24)20(2)3/h4,7-8,13,17H,5-6,9-12,14H2,1-3H3,(H,19,22)/t17-/m1/s1. The van der Waals surface area contributed by atoms with E-state index in [2.05, 4.69) is 30.4 Å². The fourth-order valence-electron chi connectivity index (χ4n) is 3.11. The minimum absolute atomic E-state index is 0.0390. The van der Waals surface area contributed by atoms with E-state index in [0.29, 0.717) is 19.5 Å². The van der Waals surface area contributed by atoms with Gasteiger partial charge >= 0.3 is 0 Å². The summed E-state index contributed by atoms with van der Waals surface area (Å²) in [4.78, 5) is 12.4. The van der Waals surface area contributed by atoms with Crippen LogP contribution in [-0.4, -0.2) is 56.7 Å². The molecular weight excluding hydrogens is 338 g/mol. The van der Waals surface area contributed by atoms with Crippen molar-refractivity contribution >= 4 is 16.1 Å². The van der Waals surface area contributed by atoms with E-state index in [0.717, 1.165) is 19.3 Å². The summed E-state index contributed by atoms with van der Waals surface area (Å²) in [5.41, 5.74) is 2.51. The van der Waals surface area contributed by atoms with Crippen molar-refractivity contribution in [3.05, 3.63) is 35.4 Å². The Bertz CT molecular complexity index is 689. The highest BCUT2D eigenvalue weighted by atomic mass is 32.2. The molecule has 6 nitrogen and oxygen atoms in total. The lowest BCUT2D eigenvalue weighted by Gasteiger charge is -2.32. The van der Waals surface area contributed by atoms with E-state index in [4.69, 9.17) is 0 Å². The number of amides is 1. The van der Waals surface area contributed by atoms with Gasteiger partial charge in [-0.3, -0.25) is 4.79 Å². The molecule has 1 aliphatic rings. The maximum Gasteiger partial charge on any atom is 0.281 e. The van der Waals surface area contributed by atoms with Gasteiger partial charge in [0.2, 0.25) is 5.91 Å². The lowest BCUT2D eigenvalue weighted by Crippen LogP contribution is -2.48.